The normalized spacial score (nSPS) is 12.3. The van der Waals surface area contributed by atoms with Gasteiger partial charge in [0.15, 0.2) is 0 Å². The Hall–Kier alpha value is -1.63. The number of aryl methyl sites for hydroxylation is 1. The second-order valence-electron chi connectivity index (χ2n) is 4.56. The Morgan fingerprint density at radius 3 is 2.39 bits per heavy atom. The summed E-state index contributed by atoms with van der Waals surface area (Å²) in [5.41, 5.74) is 4.32. The molecule has 0 saturated heterocycles. The molecule has 0 aliphatic heterocycles. The van der Waals surface area contributed by atoms with E-state index in [4.69, 9.17) is 1.37 Å². The largest absolute Gasteiger partial charge is 0.256 e. The van der Waals surface area contributed by atoms with Crippen molar-refractivity contribution in [3.05, 3.63) is 53.7 Å². The monoisotopic (exact) mass is 240 g/mol. The lowest BCUT2D eigenvalue weighted by atomic mass is 9.91. The van der Waals surface area contributed by atoms with Crippen LogP contribution in [0.15, 0.2) is 42.6 Å². The maximum atomic E-state index is 8.53. The van der Waals surface area contributed by atoms with Gasteiger partial charge < -0.3 is 0 Å². The van der Waals surface area contributed by atoms with Crippen LogP contribution in [-0.4, -0.2) is 4.98 Å². The molecule has 94 valence electrons. The van der Waals surface area contributed by atoms with Crippen LogP contribution in [0, 0.1) is 6.92 Å². The molecule has 0 saturated carbocycles. The Morgan fingerprint density at radius 1 is 1.17 bits per heavy atom. The van der Waals surface area contributed by atoms with Crippen molar-refractivity contribution in [1.29, 1.82) is 0 Å². The van der Waals surface area contributed by atoms with Crippen molar-refractivity contribution in [2.45, 2.75) is 39.5 Å². The first-order valence-electron chi connectivity index (χ1n) is 7.13. The predicted molar refractivity (Wildman–Crippen MR) is 77.7 cm³/mol. The summed E-state index contributed by atoms with van der Waals surface area (Å²) in [6.07, 6.45) is 3.52. The molecule has 1 nitrogen and oxygen atoms in total. The van der Waals surface area contributed by atoms with Gasteiger partial charge in [-0.25, -0.2) is 0 Å². The highest BCUT2D eigenvalue weighted by molar-refractivity contribution is 5.60. The molecule has 0 unspecified atom stereocenters. The van der Waals surface area contributed by atoms with Crippen molar-refractivity contribution in [2.24, 2.45) is 0 Å². The van der Waals surface area contributed by atoms with Crippen molar-refractivity contribution in [2.75, 3.05) is 0 Å². The summed E-state index contributed by atoms with van der Waals surface area (Å²) in [7, 11) is 0. The quantitative estimate of drug-likeness (QED) is 0.736. The zero-order chi connectivity index (χ0) is 13.9. The van der Waals surface area contributed by atoms with E-state index in [1.54, 1.807) is 0 Å². The molecule has 1 heterocycles. The van der Waals surface area contributed by atoms with Gasteiger partial charge in [0.1, 0.15) is 0 Å². The zero-order valence-corrected chi connectivity index (χ0v) is 11.4. The number of hydrogen-bond acceptors (Lipinski definition) is 1. The van der Waals surface area contributed by atoms with Crippen LogP contribution in [0.1, 0.15) is 45.1 Å². The highest BCUT2D eigenvalue weighted by Gasteiger charge is 2.11. The van der Waals surface area contributed by atoms with Crippen LogP contribution >= 0.6 is 0 Å². The minimum atomic E-state index is -0.508. The highest BCUT2D eigenvalue weighted by Crippen LogP contribution is 2.27. The Morgan fingerprint density at radius 2 is 1.83 bits per heavy atom. The van der Waals surface area contributed by atoms with E-state index in [9.17, 15) is 0 Å². The molecule has 0 radical (unpaired) electrons. The van der Waals surface area contributed by atoms with Gasteiger partial charge in [0.05, 0.1) is 5.69 Å². The summed E-state index contributed by atoms with van der Waals surface area (Å²) < 4.78 is 8.53. The summed E-state index contributed by atoms with van der Waals surface area (Å²) in [5.74, 6) is -0.508. The molecule has 0 aliphatic rings. The smallest absolute Gasteiger partial charge is 0.0704 e. The lowest BCUT2D eigenvalue weighted by molar-refractivity contribution is 0.635. The fourth-order valence-electron chi connectivity index (χ4n) is 2.32. The van der Waals surface area contributed by atoms with Gasteiger partial charge in [-0.3, -0.25) is 4.98 Å². The van der Waals surface area contributed by atoms with Gasteiger partial charge in [0.2, 0.25) is 0 Å². The zero-order valence-electron chi connectivity index (χ0n) is 12.4. The van der Waals surface area contributed by atoms with E-state index in [0.717, 1.165) is 35.2 Å². The fraction of sp³-hybridized carbons (Fsp3) is 0.353. The molecular weight excluding hydrogens is 218 g/mol. The van der Waals surface area contributed by atoms with E-state index in [1.165, 1.54) is 0 Å². The van der Waals surface area contributed by atoms with Crippen molar-refractivity contribution < 1.29 is 1.37 Å². The summed E-state index contributed by atoms with van der Waals surface area (Å²) in [5, 5.41) is 0. The van der Waals surface area contributed by atoms with Crippen molar-refractivity contribution in [3.8, 4) is 11.3 Å². The molecule has 1 heteroatoms. The molecule has 2 aromatic rings. The Labute approximate surface area is 111 Å². The summed E-state index contributed by atoms with van der Waals surface area (Å²) in [6, 6.07) is 12.3. The molecule has 0 spiro atoms. The minimum Gasteiger partial charge on any atom is -0.256 e. The Balaban J connectivity index is 2.43. The first-order valence-corrected chi connectivity index (χ1v) is 6.63. The summed E-state index contributed by atoms with van der Waals surface area (Å²) >= 11 is 0. The number of nitrogens with zero attached hydrogens (tertiary/aromatic N) is 1. The molecule has 0 bridgehead atoms. The molecule has 2 rings (SSSR count). The maximum Gasteiger partial charge on any atom is 0.0704 e. The highest BCUT2D eigenvalue weighted by atomic mass is 14.7. The van der Waals surface area contributed by atoms with Gasteiger partial charge in [0.25, 0.3) is 0 Å². The Bertz CT molecular complexity index is 544. The number of benzene rings is 1. The number of rotatable bonds is 4. The summed E-state index contributed by atoms with van der Waals surface area (Å²) in [4.78, 5) is 4.55. The molecule has 1 aromatic carbocycles. The van der Waals surface area contributed by atoms with Crippen LogP contribution in [0.2, 0.25) is 0 Å². The third kappa shape index (κ3) is 2.61. The van der Waals surface area contributed by atoms with E-state index >= 15 is 0 Å². The maximum absolute atomic E-state index is 8.53. The molecule has 0 amide bonds. The van der Waals surface area contributed by atoms with Crippen LogP contribution in [0.3, 0.4) is 0 Å². The summed E-state index contributed by atoms with van der Waals surface area (Å²) in [6.45, 7) is 6.22. The van der Waals surface area contributed by atoms with Crippen LogP contribution in [0.5, 0.6) is 0 Å². The van der Waals surface area contributed by atoms with Crippen LogP contribution in [0.4, 0.5) is 0 Å². The van der Waals surface area contributed by atoms with Gasteiger partial charge >= 0.3 is 0 Å². The van der Waals surface area contributed by atoms with Gasteiger partial charge in [-0.05, 0) is 42.9 Å². The van der Waals surface area contributed by atoms with E-state index in [1.807, 2.05) is 24.4 Å². The van der Waals surface area contributed by atoms with Crippen LogP contribution < -0.4 is 0 Å². The Kier molecular flexibility index (Phi) is 3.70. The number of hydrogen-bond donors (Lipinski definition) is 0. The van der Waals surface area contributed by atoms with Crippen molar-refractivity contribution in [3.63, 3.8) is 0 Å². The molecule has 0 atom stereocenters. The van der Waals surface area contributed by atoms with Crippen molar-refractivity contribution in [1.82, 2.24) is 4.98 Å². The second kappa shape index (κ2) is 5.81. The first-order chi connectivity index (χ1) is 9.10. The number of pyridine rings is 1. The first kappa shape index (κ1) is 11.5. The van der Waals surface area contributed by atoms with Gasteiger partial charge in [-0.2, -0.15) is 0 Å². The standard InChI is InChI=1S/C17H21N/c1-4-14(5-2)16-12-18-17(11-13(16)3)15-9-7-6-8-10-15/h6-12,14H,4-5H2,1-3H3/i14D. The van der Waals surface area contributed by atoms with E-state index < -0.39 is 5.89 Å². The molecule has 0 aliphatic carbocycles. The van der Waals surface area contributed by atoms with Crippen LogP contribution in [-0.2, 0) is 0 Å². The van der Waals surface area contributed by atoms with Gasteiger partial charge in [-0.15, -0.1) is 0 Å². The van der Waals surface area contributed by atoms with E-state index in [0.29, 0.717) is 0 Å². The fourth-order valence-corrected chi connectivity index (χ4v) is 2.32. The van der Waals surface area contributed by atoms with E-state index in [2.05, 4.69) is 44.0 Å². The molecule has 0 N–H and O–H groups in total. The van der Waals surface area contributed by atoms with Crippen molar-refractivity contribution >= 4 is 0 Å². The lowest BCUT2D eigenvalue weighted by Crippen LogP contribution is -2.00. The second-order valence-corrected chi connectivity index (χ2v) is 4.56. The molecule has 1 aromatic heterocycles. The predicted octanol–water partition coefficient (Wildman–Crippen LogP) is 4.96. The van der Waals surface area contributed by atoms with E-state index in [-0.39, 0.29) is 0 Å². The average Bonchev–Trinajstić information content (AvgIpc) is 2.47. The minimum absolute atomic E-state index is 0.508. The van der Waals surface area contributed by atoms with Gasteiger partial charge in [-0.1, -0.05) is 44.2 Å². The third-order valence-corrected chi connectivity index (χ3v) is 3.41. The average molecular weight is 240 g/mol. The van der Waals surface area contributed by atoms with Crippen LogP contribution in [0.25, 0.3) is 11.3 Å². The molecule has 0 fully saturated rings. The third-order valence-electron chi connectivity index (χ3n) is 3.41. The van der Waals surface area contributed by atoms with Gasteiger partial charge in [0, 0.05) is 13.1 Å². The number of aromatic nitrogens is 1. The lowest BCUT2D eigenvalue weighted by Gasteiger charge is -2.16. The topological polar surface area (TPSA) is 12.9 Å². The molecular formula is C17H21N. The SMILES string of the molecule is [2H]C(CC)(CC)c1cnc(-c2ccccc2)cc1C. The molecule has 18 heavy (non-hydrogen) atoms.